The van der Waals surface area contributed by atoms with Crippen molar-refractivity contribution in [3.05, 3.63) is 156 Å². The molecule has 1 radical (unpaired) electrons. The number of rotatable bonds is 10. The van der Waals surface area contributed by atoms with Crippen molar-refractivity contribution in [2.75, 3.05) is 6.61 Å². The molecular weight excluding hydrogens is 1270 g/mol. The van der Waals surface area contributed by atoms with Crippen LogP contribution in [0, 0.1) is 25.5 Å². The average Bonchev–Trinajstić information content (AvgIpc) is 4.46. The number of aryl methyl sites for hydroxylation is 2. The predicted molar refractivity (Wildman–Crippen MR) is 337 cm³/mol. The third-order valence-corrected chi connectivity index (χ3v) is 9.76. The number of benzene rings is 4. The Labute approximate surface area is 510 Å². The molecule has 2 aromatic heterocycles. The molecule has 6 aromatic rings. The number of nitrogens with zero attached hydrogens (tertiary/aromatic N) is 5. The number of hydrogen-bond donors (Lipinski definition) is 2. The van der Waals surface area contributed by atoms with Gasteiger partial charge < -0.3 is 19.3 Å². The van der Waals surface area contributed by atoms with Crippen LogP contribution in [0.3, 0.4) is 0 Å². The van der Waals surface area contributed by atoms with Crippen molar-refractivity contribution < 1.29 is 56.1 Å². The molecule has 16 heteroatoms. The first-order chi connectivity index (χ1) is 36.6. The van der Waals surface area contributed by atoms with Gasteiger partial charge in [0.05, 0.1) is 13.2 Å². The maximum atomic E-state index is 14.8. The third-order valence-electron chi connectivity index (χ3n) is 9.76. The molecule has 2 atom stereocenters. The van der Waals surface area contributed by atoms with E-state index in [2.05, 4.69) is 65.2 Å². The molecule has 2 N–H and O–H groups in total. The van der Waals surface area contributed by atoms with E-state index in [0.717, 1.165) is 29.7 Å². The molecule has 3 heterocycles. The first-order valence-corrected chi connectivity index (χ1v) is 36.5. The van der Waals surface area contributed by atoms with Gasteiger partial charge in [-0.15, -0.1) is 0 Å². The van der Waals surface area contributed by atoms with Gasteiger partial charge in [-0.25, -0.2) is 23.4 Å². The van der Waals surface area contributed by atoms with Gasteiger partial charge >= 0.3 is 49.4 Å². The van der Waals surface area contributed by atoms with Crippen LogP contribution in [0.25, 0.3) is 0 Å². The van der Waals surface area contributed by atoms with Crippen LogP contribution in [0.1, 0.15) is 194 Å². The molecule has 440 valence electrons. The molecule has 0 amide bonds. The zero-order valence-corrected chi connectivity index (χ0v) is 57.7. The van der Waals surface area contributed by atoms with E-state index in [1.807, 2.05) is 225 Å². The normalized spacial score (nSPS) is 14.3. The fraction of sp³-hybridized carbons (Fsp3) is 0.541. The van der Waals surface area contributed by atoms with Crippen LogP contribution in [-0.4, -0.2) is 52.9 Å². The van der Waals surface area contributed by atoms with Gasteiger partial charge in [-0.2, -0.15) is 10.2 Å². The van der Waals surface area contributed by atoms with E-state index in [-0.39, 0.29) is 43.9 Å². The molecular formula is C61H104F2I2N6O4V2. The fourth-order valence-corrected chi connectivity index (χ4v) is 6.67. The summed E-state index contributed by atoms with van der Waals surface area (Å²) in [6, 6.07) is 29.2. The Kier molecular flexibility index (Phi) is 63.0. The molecule has 1 saturated heterocycles. The Balaban J connectivity index is -0.000000172. The number of para-hydroxylation sites is 2. The third kappa shape index (κ3) is 30.0. The Morgan fingerprint density at radius 2 is 1.06 bits per heavy atom. The topological polar surface area (TPSA) is 124 Å². The van der Waals surface area contributed by atoms with Crippen molar-refractivity contribution in [1.29, 1.82) is 0 Å². The Bertz CT molecular complexity index is 2090. The molecule has 3 fully saturated rings. The minimum Gasteiger partial charge on any atom is -0.266 e. The molecule has 0 bridgehead atoms. The number of ether oxygens (including phenoxy) is 3. The molecule has 3 aliphatic rings. The van der Waals surface area contributed by atoms with Crippen molar-refractivity contribution in [3.63, 3.8) is 0 Å². The van der Waals surface area contributed by atoms with Crippen molar-refractivity contribution in [2.24, 2.45) is 0 Å². The SMILES string of the molecule is C.CC.CC.CC.CC.CC.CC.CC.CC.CC.CC.Cc1ccc(C(O)(Cn2cncn2)C2(Oc3ccccc3)CC2)c(F)c1.Cc1ccc(C2(C3(Oc4ccccc4)CC3)CO2)c(F)c1.[I][V][I].[V].c1nc[nH]n1. The minimum absolute atomic E-state index is 0. The number of aliphatic hydroxyl groups is 1. The summed E-state index contributed by atoms with van der Waals surface area (Å²) in [6.45, 7) is 44.3. The van der Waals surface area contributed by atoms with E-state index in [1.165, 1.54) is 36.1 Å². The monoisotopic (exact) mass is 1380 g/mol. The summed E-state index contributed by atoms with van der Waals surface area (Å²) in [4.78, 5) is 7.48. The summed E-state index contributed by atoms with van der Waals surface area (Å²) in [5.41, 5.74) is -0.951. The van der Waals surface area contributed by atoms with Crippen molar-refractivity contribution in [2.45, 2.75) is 214 Å². The largest absolute Gasteiger partial charge is 0.266 e. The van der Waals surface area contributed by atoms with Crippen LogP contribution in [0.4, 0.5) is 8.78 Å². The predicted octanol–water partition coefficient (Wildman–Crippen LogP) is 19.7. The summed E-state index contributed by atoms with van der Waals surface area (Å²) >= 11 is 4.74. The maximum Gasteiger partial charge on any atom is 0.137 e. The quantitative estimate of drug-likeness (QED) is 0.103. The summed E-state index contributed by atoms with van der Waals surface area (Å²) in [5.74, 6) is 0.818. The number of nitrogens with one attached hydrogen (secondary N) is 1. The second-order valence-electron chi connectivity index (χ2n) is 13.6. The Morgan fingerprint density at radius 1 is 0.636 bits per heavy atom. The van der Waals surface area contributed by atoms with Gasteiger partial charge in [0, 0.05) is 29.7 Å². The standard InChI is InChI=1S/C20H20FN3O2.C18H17FO2.C2H3N3.10C2H6.CH4.2HI.2V/c1-15-7-8-17(18(21)11-15)20(25,12-24-14-22-13-23-24)19(9-10-19)26-16-5-3-2-4-6-16;1-13-7-8-15(16(19)11-13)18(12-20-18)17(9-10-17)21-14-5-3-2-4-6-14;1-3-2-5-4-1;10*1-2;;;;;/h2-8,11,13-14,25H,9-10,12H2,1H3;2-8,11H,9-10,12H2,1H3;1-2H,(H,3,4,5);10*1-2H3;1H4;2*1H;;/q;;;;;;;;;;;;;;;;;+2/p-2. The number of epoxide rings is 1. The number of aromatic amines is 1. The first kappa shape index (κ1) is 88.0. The van der Waals surface area contributed by atoms with E-state index < -0.39 is 28.2 Å². The smallest absolute Gasteiger partial charge is 0.137 e. The molecule has 9 rings (SSSR count). The summed E-state index contributed by atoms with van der Waals surface area (Å²) < 4.78 is 48.8. The minimum atomic E-state index is -1.58. The van der Waals surface area contributed by atoms with Crippen molar-refractivity contribution >= 4 is 40.0 Å². The Morgan fingerprint density at radius 3 is 1.39 bits per heavy atom. The van der Waals surface area contributed by atoms with Crippen molar-refractivity contribution in [3.8, 4) is 11.5 Å². The number of halogens is 4. The Hall–Kier alpha value is -2.83. The van der Waals surface area contributed by atoms with Gasteiger partial charge in [-0.05, 0) is 87.1 Å². The molecule has 2 aliphatic carbocycles. The van der Waals surface area contributed by atoms with E-state index in [0.29, 0.717) is 40.2 Å². The van der Waals surface area contributed by atoms with E-state index in [9.17, 15) is 13.9 Å². The molecule has 77 heavy (non-hydrogen) atoms. The van der Waals surface area contributed by atoms with Gasteiger partial charge in [0.15, 0.2) is 11.2 Å². The molecule has 0 spiro atoms. The molecule has 2 saturated carbocycles. The van der Waals surface area contributed by atoms with Gasteiger partial charge in [0.2, 0.25) is 0 Å². The molecule has 4 aromatic carbocycles. The van der Waals surface area contributed by atoms with Crippen LogP contribution in [0.5, 0.6) is 11.5 Å². The van der Waals surface area contributed by atoms with Crippen LogP contribution >= 0.6 is 40.0 Å². The van der Waals surface area contributed by atoms with E-state index >= 15 is 0 Å². The van der Waals surface area contributed by atoms with E-state index in [1.54, 1.807) is 18.2 Å². The van der Waals surface area contributed by atoms with Gasteiger partial charge in [-0.1, -0.05) is 207 Å². The average molecular weight is 1380 g/mol. The summed E-state index contributed by atoms with van der Waals surface area (Å²) in [5, 5.41) is 21.8. The second kappa shape index (κ2) is 55.1. The fourth-order valence-electron chi connectivity index (χ4n) is 6.67. The van der Waals surface area contributed by atoms with E-state index in [4.69, 9.17) is 14.2 Å². The second-order valence-corrected chi connectivity index (χ2v) is 25.4. The van der Waals surface area contributed by atoms with Crippen LogP contribution < -0.4 is 9.47 Å². The number of aromatic nitrogens is 6. The zero-order chi connectivity index (χ0) is 58.9. The maximum absolute atomic E-state index is 14.8. The number of hydrogen-bond acceptors (Lipinski definition) is 8. The molecule has 1 aliphatic heterocycles. The van der Waals surface area contributed by atoms with Crippen LogP contribution in [-0.2, 0) is 50.5 Å². The number of H-pyrrole nitrogens is 1. The van der Waals surface area contributed by atoms with Crippen molar-refractivity contribution in [1.82, 2.24) is 29.9 Å². The van der Waals surface area contributed by atoms with Gasteiger partial charge in [0.1, 0.15) is 59.6 Å². The van der Waals surface area contributed by atoms with Crippen LogP contribution in [0.2, 0.25) is 0 Å². The zero-order valence-electron chi connectivity index (χ0n) is 50.6. The van der Waals surface area contributed by atoms with Gasteiger partial charge in [0.25, 0.3) is 0 Å². The first-order valence-electron chi connectivity index (χ1n) is 27.5. The summed E-state index contributed by atoms with van der Waals surface area (Å²) in [6.07, 6.45) is 8.91. The molecule has 10 nitrogen and oxygen atoms in total. The van der Waals surface area contributed by atoms with Crippen LogP contribution in [0.15, 0.2) is 122 Å². The molecule has 2 unspecified atom stereocenters. The van der Waals surface area contributed by atoms with Gasteiger partial charge in [-0.3, -0.25) is 5.10 Å². The summed E-state index contributed by atoms with van der Waals surface area (Å²) in [7, 11) is 0.628.